The number of aliphatic hydroxyl groups is 1. The first kappa shape index (κ1) is 21.2. The van der Waals surface area contributed by atoms with E-state index in [4.69, 9.17) is 16.3 Å². The zero-order chi connectivity index (χ0) is 22.1. The molecule has 3 aromatic rings. The van der Waals surface area contributed by atoms with E-state index >= 15 is 0 Å². The van der Waals surface area contributed by atoms with Crippen LogP contribution in [0.5, 0.6) is 5.75 Å². The summed E-state index contributed by atoms with van der Waals surface area (Å²) in [4.78, 5) is 28.6. The maximum atomic E-state index is 13.1. The molecule has 1 atom stereocenters. The van der Waals surface area contributed by atoms with E-state index in [0.29, 0.717) is 16.3 Å². The van der Waals surface area contributed by atoms with Crippen molar-refractivity contribution in [2.24, 2.45) is 0 Å². The van der Waals surface area contributed by atoms with Crippen LogP contribution in [0.3, 0.4) is 0 Å². The maximum absolute atomic E-state index is 13.1. The number of hydrogen-bond acceptors (Lipinski definition) is 5. The number of methoxy groups -OCH3 is 1. The van der Waals surface area contributed by atoms with Crippen LogP contribution in [0.2, 0.25) is 5.02 Å². The number of carbonyl (C=O) groups is 2. The molecule has 5 nitrogen and oxygen atoms in total. The molecule has 0 aliphatic carbocycles. The third-order valence-electron chi connectivity index (χ3n) is 5.23. The summed E-state index contributed by atoms with van der Waals surface area (Å²) < 4.78 is 5.24. The number of thiophene rings is 1. The number of rotatable bonds is 5. The number of carbonyl (C=O) groups excluding carboxylic acids is 2. The van der Waals surface area contributed by atoms with Gasteiger partial charge in [0.25, 0.3) is 11.7 Å². The summed E-state index contributed by atoms with van der Waals surface area (Å²) in [5.74, 6) is -1.24. The quantitative estimate of drug-likeness (QED) is 0.321. The van der Waals surface area contributed by atoms with Crippen molar-refractivity contribution in [3.8, 4) is 5.75 Å². The van der Waals surface area contributed by atoms with Crippen LogP contribution in [0.25, 0.3) is 5.76 Å². The van der Waals surface area contributed by atoms with Crippen LogP contribution < -0.4 is 4.74 Å². The normalized spacial score (nSPS) is 17.9. The highest BCUT2D eigenvalue weighted by Gasteiger charge is 2.46. The maximum Gasteiger partial charge on any atom is 0.295 e. The minimum Gasteiger partial charge on any atom is -0.507 e. The van der Waals surface area contributed by atoms with E-state index in [2.05, 4.69) is 0 Å². The van der Waals surface area contributed by atoms with E-state index in [1.807, 2.05) is 48.7 Å². The van der Waals surface area contributed by atoms with Crippen molar-refractivity contribution in [2.45, 2.75) is 19.5 Å². The number of aryl methyl sites for hydroxylation is 1. The first-order valence-corrected chi connectivity index (χ1v) is 10.9. The predicted octanol–water partition coefficient (Wildman–Crippen LogP) is 5.34. The zero-order valence-electron chi connectivity index (χ0n) is 17.0. The Kier molecular flexibility index (Phi) is 5.85. The van der Waals surface area contributed by atoms with Gasteiger partial charge in [-0.2, -0.15) is 0 Å². The highest BCUT2D eigenvalue weighted by Crippen LogP contribution is 2.41. The minimum absolute atomic E-state index is 0.0523. The molecule has 1 unspecified atom stereocenters. The van der Waals surface area contributed by atoms with Crippen molar-refractivity contribution >= 4 is 40.4 Å². The van der Waals surface area contributed by atoms with Crippen molar-refractivity contribution in [3.63, 3.8) is 0 Å². The van der Waals surface area contributed by atoms with Crippen molar-refractivity contribution < 1.29 is 19.4 Å². The fraction of sp³-hybridized carbons (Fsp3) is 0.167. The summed E-state index contributed by atoms with van der Waals surface area (Å²) in [6.45, 7) is 2.22. The number of amides is 1. The van der Waals surface area contributed by atoms with Crippen molar-refractivity contribution in [1.82, 2.24) is 4.90 Å². The largest absolute Gasteiger partial charge is 0.507 e. The number of nitrogens with zero attached hydrogens (tertiary/aromatic N) is 1. The predicted molar refractivity (Wildman–Crippen MR) is 121 cm³/mol. The van der Waals surface area contributed by atoms with E-state index in [1.165, 1.54) is 23.3 Å². The Hall–Kier alpha value is -3.09. The molecule has 1 aromatic heterocycles. The molecule has 1 amide bonds. The van der Waals surface area contributed by atoms with E-state index < -0.39 is 17.7 Å². The number of halogens is 1. The van der Waals surface area contributed by atoms with Gasteiger partial charge in [0.2, 0.25) is 0 Å². The fourth-order valence-electron chi connectivity index (χ4n) is 3.76. The molecule has 0 spiro atoms. The van der Waals surface area contributed by atoms with Crippen molar-refractivity contribution in [2.75, 3.05) is 7.11 Å². The van der Waals surface area contributed by atoms with Gasteiger partial charge in [-0.05, 0) is 42.1 Å². The second-order valence-electron chi connectivity index (χ2n) is 7.27. The molecule has 7 heteroatoms. The number of benzene rings is 2. The molecule has 2 heterocycles. The molecular formula is C24H20ClNO4S. The lowest BCUT2D eigenvalue weighted by molar-refractivity contribution is -0.140. The Labute approximate surface area is 189 Å². The summed E-state index contributed by atoms with van der Waals surface area (Å²) in [5, 5.41) is 13.5. The summed E-state index contributed by atoms with van der Waals surface area (Å²) in [6.07, 6.45) is 0. The van der Waals surface area contributed by atoms with Gasteiger partial charge in [-0.3, -0.25) is 9.59 Å². The average Bonchev–Trinajstić information content (AvgIpc) is 3.36. The van der Waals surface area contributed by atoms with Gasteiger partial charge in [-0.25, -0.2) is 0 Å². The third-order valence-corrected chi connectivity index (χ3v) is 6.40. The molecule has 1 aliphatic rings. The summed E-state index contributed by atoms with van der Waals surface area (Å²) >= 11 is 7.62. The second kappa shape index (κ2) is 8.57. The lowest BCUT2D eigenvalue weighted by atomic mass is 9.94. The molecule has 1 N–H and O–H groups in total. The zero-order valence-corrected chi connectivity index (χ0v) is 18.5. The number of likely N-dealkylation sites (tertiary alicyclic amines) is 1. The van der Waals surface area contributed by atoms with Crippen LogP contribution in [0, 0.1) is 6.92 Å². The van der Waals surface area contributed by atoms with Crippen LogP contribution in [0.4, 0.5) is 0 Å². The number of hydrogen-bond donors (Lipinski definition) is 1. The summed E-state index contributed by atoms with van der Waals surface area (Å²) in [7, 11) is 1.47. The molecule has 1 fully saturated rings. The lowest BCUT2D eigenvalue weighted by Gasteiger charge is -2.25. The van der Waals surface area contributed by atoms with Gasteiger partial charge in [-0.15, -0.1) is 11.3 Å². The van der Waals surface area contributed by atoms with Gasteiger partial charge in [0.15, 0.2) is 0 Å². The molecule has 2 aromatic carbocycles. The number of ketones is 1. The lowest BCUT2D eigenvalue weighted by Crippen LogP contribution is -2.28. The molecule has 4 rings (SSSR count). The molecular weight excluding hydrogens is 434 g/mol. The molecule has 0 bridgehead atoms. The second-order valence-corrected chi connectivity index (χ2v) is 8.71. The number of aliphatic hydroxyl groups excluding tert-OH is 1. The smallest absolute Gasteiger partial charge is 0.295 e. The SMILES string of the molecule is COc1cc(/C(O)=C2/C(=O)C(=O)N(Cc3cccs3)C2c2cccc(C)c2)ccc1Cl. The van der Waals surface area contributed by atoms with Gasteiger partial charge in [0.1, 0.15) is 11.5 Å². The van der Waals surface area contributed by atoms with Crippen LogP contribution >= 0.6 is 22.9 Å². The standard InChI is InChI=1S/C24H20ClNO4S/c1-14-5-3-6-15(11-14)21-20(22(27)16-8-9-18(25)19(12-16)30-2)23(28)24(29)26(21)13-17-7-4-10-31-17/h3-12,21,27H,13H2,1-2H3/b22-20-. The monoisotopic (exact) mass is 453 g/mol. The molecule has 158 valence electrons. The van der Waals surface area contributed by atoms with Gasteiger partial charge < -0.3 is 14.7 Å². The Morgan fingerprint density at radius 1 is 1.16 bits per heavy atom. The topological polar surface area (TPSA) is 66.8 Å². The Balaban J connectivity index is 1.89. The van der Waals surface area contributed by atoms with Crippen LogP contribution in [0.15, 0.2) is 65.6 Å². The highest BCUT2D eigenvalue weighted by atomic mass is 35.5. The Morgan fingerprint density at radius 3 is 2.65 bits per heavy atom. The van der Waals surface area contributed by atoms with Crippen LogP contribution in [0.1, 0.15) is 27.6 Å². The van der Waals surface area contributed by atoms with Gasteiger partial charge in [-0.1, -0.05) is 47.5 Å². The Morgan fingerprint density at radius 2 is 1.97 bits per heavy atom. The van der Waals surface area contributed by atoms with E-state index in [0.717, 1.165) is 16.0 Å². The number of ether oxygens (including phenoxy) is 1. The van der Waals surface area contributed by atoms with E-state index in [1.54, 1.807) is 18.2 Å². The molecule has 1 aliphatic heterocycles. The molecule has 1 saturated heterocycles. The van der Waals surface area contributed by atoms with Gasteiger partial charge >= 0.3 is 0 Å². The summed E-state index contributed by atoms with van der Waals surface area (Å²) in [6, 6.07) is 15.5. The minimum atomic E-state index is -0.713. The first-order valence-electron chi connectivity index (χ1n) is 9.62. The first-order chi connectivity index (χ1) is 14.9. The highest BCUT2D eigenvalue weighted by molar-refractivity contribution is 7.09. The average molecular weight is 454 g/mol. The van der Waals surface area contributed by atoms with Crippen molar-refractivity contribution in [1.29, 1.82) is 0 Å². The fourth-order valence-corrected chi connectivity index (χ4v) is 4.66. The molecule has 0 saturated carbocycles. The van der Waals surface area contributed by atoms with E-state index in [-0.39, 0.29) is 17.9 Å². The Bertz CT molecular complexity index is 1190. The van der Waals surface area contributed by atoms with E-state index in [9.17, 15) is 14.7 Å². The van der Waals surface area contributed by atoms with Gasteiger partial charge in [0, 0.05) is 10.4 Å². The number of Topliss-reactive ketones (excluding diaryl/α,β-unsaturated/α-hetero) is 1. The molecule has 31 heavy (non-hydrogen) atoms. The van der Waals surface area contributed by atoms with Crippen LogP contribution in [-0.2, 0) is 16.1 Å². The van der Waals surface area contributed by atoms with Crippen molar-refractivity contribution in [3.05, 3.63) is 92.1 Å². The molecule has 0 radical (unpaired) electrons. The third kappa shape index (κ3) is 3.96. The van der Waals surface area contributed by atoms with Gasteiger partial charge in [0.05, 0.1) is 30.3 Å². The summed E-state index contributed by atoms with van der Waals surface area (Å²) in [5.41, 5.74) is 2.16. The van der Waals surface area contributed by atoms with Crippen LogP contribution in [-0.4, -0.2) is 28.8 Å².